The zero-order valence-electron chi connectivity index (χ0n) is 8.62. The number of carbonyl (C=O) groups is 1. The van der Waals surface area contributed by atoms with Gasteiger partial charge in [-0.25, -0.2) is 0 Å². The Bertz CT molecular complexity index is 269. The third-order valence-corrected chi connectivity index (χ3v) is 3.99. The first kappa shape index (κ1) is 9.93. The number of aliphatic carboxylic acids is 1. The highest BCUT2D eigenvalue weighted by molar-refractivity contribution is 5.84. The highest BCUT2D eigenvalue weighted by Gasteiger charge is 2.69. The normalized spacial score (nSPS) is 43.6. The molecule has 0 aromatic heterocycles. The van der Waals surface area contributed by atoms with Crippen LogP contribution in [0.1, 0.15) is 25.7 Å². The second-order valence-electron chi connectivity index (χ2n) is 4.89. The van der Waals surface area contributed by atoms with Gasteiger partial charge in [0, 0.05) is 5.41 Å². The van der Waals surface area contributed by atoms with E-state index in [1.54, 1.807) is 0 Å². The van der Waals surface area contributed by atoms with Crippen molar-refractivity contribution in [1.82, 2.24) is 4.90 Å². The minimum atomic E-state index is -0.918. The third kappa shape index (κ3) is 1.25. The summed E-state index contributed by atoms with van der Waals surface area (Å²) >= 11 is 0. The Labute approximate surface area is 84.1 Å². The number of nitrogens with zero attached hydrogens (tertiary/aromatic N) is 1. The summed E-state index contributed by atoms with van der Waals surface area (Å²) < 4.78 is 0. The lowest BCUT2D eigenvalue weighted by atomic mass is 9.91. The van der Waals surface area contributed by atoms with Crippen molar-refractivity contribution >= 4 is 5.97 Å². The molecular weight excluding hydrogens is 180 g/mol. The first-order valence-electron chi connectivity index (χ1n) is 5.21. The predicted octanol–water partition coefficient (Wildman–Crippen LogP) is 0.274. The summed E-state index contributed by atoms with van der Waals surface area (Å²) in [5.74, 6) is -0.818. The Morgan fingerprint density at radius 3 is 2.71 bits per heavy atom. The molecule has 2 fully saturated rings. The van der Waals surface area contributed by atoms with E-state index in [0.29, 0.717) is 6.42 Å². The Morgan fingerprint density at radius 2 is 2.14 bits per heavy atom. The molecule has 1 aliphatic heterocycles. The average molecular weight is 198 g/mol. The molecule has 2 rings (SSSR count). The molecule has 1 saturated heterocycles. The van der Waals surface area contributed by atoms with E-state index in [-0.39, 0.29) is 5.41 Å². The first-order chi connectivity index (χ1) is 6.50. The summed E-state index contributed by atoms with van der Waals surface area (Å²) in [5, 5.41) is 9.05. The fraction of sp³-hybridized carbons (Fsp3) is 0.900. The van der Waals surface area contributed by atoms with Crippen molar-refractivity contribution in [3.63, 3.8) is 0 Å². The molecule has 2 unspecified atom stereocenters. The smallest absolute Gasteiger partial charge is 0.324 e. The van der Waals surface area contributed by atoms with Gasteiger partial charge in [-0.05, 0) is 45.8 Å². The predicted molar refractivity (Wildman–Crippen MR) is 53.0 cm³/mol. The molecule has 2 atom stereocenters. The number of rotatable bonds is 1. The van der Waals surface area contributed by atoms with Crippen molar-refractivity contribution in [2.24, 2.45) is 11.1 Å². The molecular formula is C10H18N2O2. The van der Waals surface area contributed by atoms with Gasteiger partial charge >= 0.3 is 5.97 Å². The van der Waals surface area contributed by atoms with E-state index in [4.69, 9.17) is 10.8 Å². The van der Waals surface area contributed by atoms with E-state index >= 15 is 0 Å². The maximum absolute atomic E-state index is 11.0. The third-order valence-electron chi connectivity index (χ3n) is 3.99. The van der Waals surface area contributed by atoms with E-state index in [0.717, 1.165) is 32.4 Å². The van der Waals surface area contributed by atoms with Gasteiger partial charge in [0.2, 0.25) is 0 Å². The van der Waals surface area contributed by atoms with Crippen molar-refractivity contribution in [3.05, 3.63) is 0 Å². The van der Waals surface area contributed by atoms with Gasteiger partial charge in [-0.2, -0.15) is 0 Å². The molecule has 1 saturated carbocycles. The van der Waals surface area contributed by atoms with Crippen LogP contribution in [0.4, 0.5) is 0 Å². The van der Waals surface area contributed by atoms with Gasteiger partial charge in [0.25, 0.3) is 0 Å². The summed E-state index contributed by atoms with van der Waals surface area (Å²) in [7, 11) is 2.08. The van der Waals surface area contributed by atoms with Crippen LogP contribution in [0.3, 0.4) is 0 Å². The lowest BCUT2D eigenvalue weighted by Crippen LogP contribution is -2.39. The molecule has 4 nitrogen and oxygen atoms in total. The summed E-state index contributed by atoms with van der Waals surface area (Å²) in [6.45, 7) is 2.05. The number of hydrogen-bond acceptors (Lipinski definition) is 3. The molecule has 0 amide bonds. The van der Waals surface area contributed by atoms with Crippen LogP contribution in [-0.2, 0) is 4.79 Å². The van der Waals surface area contributed by atoms with E-state index in [9.17, 15) is 4.79 Å². The van der Waals surface area contributed by atoms with Crippen LogP contribution in [0.5, 0.6) is 0 Å². The van der Waals surface area contributed by atoms with Crippen LogP contribution in [-0.4, -0.2) is 41.7 Å². The quantitative estimate of drug-likeness (QED) is 0.635. The molecule has 2 aliphatic rings. The van der Waals surface area contributed by atoms with E-state index in [1.165, 1.54) is 0 Å². The van der Waals surface area contributed by atoms with Crippen molar-refractivity contribution in [2.45, 2.75) is 31.2 Å². The largest absolute Gasteiger partial charge is 0.480 e. The second kappa shape index (κ2) is 2.94. The lowest BCUT2D eigenvalue weighted by molar-refractivity contribution is -0.140. The maximum atomic E-state index is 11.0. The topological polar surface area (TPSA) is 66.6 Å². The molecule has 0 aromatic carbocycles. The highest BCUT2D eigenvalue weighted by Crippen LogP contribution is 2.60. The summed E-state index contributed by atoms with van der Waals surface area (Å²) in [6.07, 6.45) is 3.65. The van der Waals surface area contributed by atoms with E-state index < -0.39 is 11.5 Å². The van der Waals surface area contributed by atoms with Crippen LogP contribution < -0.4 is 5.73 Å². The standard InChI is InChI=1S/C10H18N2O2/c1-12-5-2-3-9(4-6-12)7-10(9,11)8(13)14/h2-7,11H2,1H3,(H,13,14). The van der Waals surface area contributed by atoms with Crippen molar-refractivity contribution in [3.8, 4) is 0 Å². The van der Waals surface area contributed by atoms with Crippen molar-refractivity contribution in [2.75, 3.05) is 20.1 Å². The molecule has 4 heteroatoms. The van der Waals surface area contributed by atoms with Gasteiger partial charge in [-0.3, -0.25) is 4.79 Å². The monoisotopic (exact) mass is 198 g/mol. The summed E-state index contributed by atoms with van der Waals surface area (Å²) in [6, 6.07) is 0. The minimum absolute atomic E-state index is 0.0937. The van der Waals surface area contributed by atoms with Crippen LogP contribution in [0.2, 0.25) is 0 Å². The molecule has 0 radical (unpaired) electrons. The number of carboxylic acids is 1. The van der Waals surface area contributed by atoms with Gasteiger partial charge in [-0.1, -0.05) is 0 Å². The van der Waals surface area contributed by atoms with Crippen LogP contribution >= 0.6 is 0 Å². The Balaban J connectivity index is 2.09. The first-order valence-corrected chi connectivity index (χ1v) is 5.21. The SMILES string of the molecule is CN1CCCC2(CC1)CC2(N)C(=O)O. The minimum Gasteiger partial charge on any atom is -0.480 e. The zero-order valence-corrected chi connectivity index (χ0v) is 8.62. The summed E-state index contributed by atoms with van der Waals surface area (Å²) in [5.41, 5.74) is 4.88. The van der Waals surface area contributed by atoms with Gasteiger partial charge in [0.15, 0.2) is 0 Å². The molecule has 80 valence electrons. The van der Waals surface area contributed by atoms with Crippen LogP contribution in [0.15, 0.2) is 0 Å². The summed E-state index contributed by atoms with van der Waals surface area (Å²) in [4.78, 5) is 13.3. The fourth-order valence-corrected chi connectivity index (χ4v) is 2.74. The second-order valence-corrected chi connectivity index (χ2v) is 4.89. The number of carboxylic acid groups (broad SMARTS) is 1. The molecule has 0 bridgehead atoms. The molecule has 14 heavy (non-hydrogen) atoms. The number of hydrogen-bond donors (Lipinski definition) is 2. The molecule has 1 spiro atoms. The molecule has 3 N–H and O–H groups in total. The fourth-order valence-electron chi connectivity index (χ4n) is 2.74. The average Bonchev–Trinajstić information content (AvgIpc) is 2.75. The Hall–Kier alpha value is -0.610. The molecule has 0 aromatic rings. The van der Waals surface area contributed by atoms with Gasteiger partial charge < -0.3 is 15.7 Å². The molecule has 1 aliphatic carbocycles. The van der Waals surface area contributed by atoms with Crippen LogP contribution in [0.25, 0.3) is 0 Å². The van der Waals surface area contributed by atoms with Gasteiger partial charge in [0.05, 0.1) is 0 Å². The Morgan fingerprint density at radius 1 is 1.43 bits per heavy atom. The van der Waals surface area contributed by atoms with Gasteiger partial charge in [0.1, 0.15) is 5.54 Å². The maximum Gasteiger partial charge on any atom is 0.324 e. The lowest BCUT2D eigenvalue weighted by Gasteiger charge is -2.17. The highest BCUT2D eigenvalue weighted by atomic mass is 16.4. The Kier molecular flexibility index (Phi) is 2.08. The van der Waals surface area contributed by atoms with Gasteiger partial charge in [-0.15, -0.1) is 0 Å². The number of likely N-dealkylation sites (tertiary alicyclic amines) is 1. The molecule has 1 heterocycles. The van der Waals surface area contributed by atoms with E-state index in [1.807, 2.05) is 0 Å². The van der Waals surface area contributed by atoms with Crippen molar-refractivity contribution in [1.29, 1.82) is 0 Å². The van der Waals surface area contributed by atoms with E-state index in [2.05, 4.69) is 11.9 Å². The van der Waals surface area contributed by atoms with Crippen LogP contribution in [0, 0.1) is 5.41 Å². The zero-order chi connectivity index (χ0) is 10.4. The number of nitrogens with two attached hydrogens (primary N) is 1. The van der Waals surface area contributed by atoms with Crippen molar-refractivity contribution < 1.29 is 9.90 Å².